The van der Waals surface area contributed by atoms with Crippen LogP contribution in [0.15, 0.2) is 36.4 Å². The Bertz CT molecular complexity index is 849. The zero-order valence-electron chi connectivity index (χ0n) is 12.1. The first-order chi connectivity index (χ1) is 11.5. The summed E-state index contributed by atoms with van der Waals surface area (Å²) in [7, 11) is 0. The van der Waals surface area contributed by atoms with Gasteiger partial charge in [0, 0.05) is 5.56 Å². The van der Waals surface area contributed by atoms with Gasteiger partial charge in [0.15, 0.2) is 0 Å². The van der Waals surface area contributed by atoms with Gasteiger partial charge in [0.1, 0.15) is 17.8 Å². The Morgan fingerprint density at radius 2 is 1.64 bits per heavy atom. The van der Waals surface area contributed by atoms with Crippen LogP contribution in [0.1, 0.15) is 27.0 Å². The van der Waals surface area contributed by atoms with Gasteiger partial charge in [0.2, 0.25) is 0 Å². The molecule has 9 heteroatoms. The van der Waals surface area contributed by atoms with Crippen molar-refractivity contribution >= 4 is 6.29 Å². The number of benzene rings is 2. The molecule has 0 aliphatic rings. The van der Waals surface area contributed by atoms with Crippen molar-refractivity contribution in [2.75, 3.05) is 0 Å². The van der Waals surface area contributed by atoms with Gasteiger partial charge in [0.25, 0.3) is 0 Å². The first kappa shape index (κ1) is 18.3. The number of carbonyl (C=O) groups excluding carboxylic acids is 1. The van der Waals surface area contributed by atoms with Crippen molar-refractivity contribution in [3.8, 4) is 17.6 Å². The molecule has 0 saturated carbocycles. The van der Waals surface area contributed by atoms with Gasteiger partial charge in [-0.2, -0.15) is 31.6 Å². The molecule has 0 amide bonds. The van der Waals surface area contributed by atoms with E-state index in [-0.39, 0.29) is 11.8 Å². The van der Waals surface area contributed by atoms with E-state index < -0.39 is 40.5 Å². The molecule has 0 atom stereocenters. The van der Waals surface area contributed by atoms with Crippen LogP contribution in [-0.2, 0) is 12.4 Å². The fourth-order valence-electron chi connectivity index (χ4n) is 1.94. The minimum Gasteiger partial charge on any atom is -0.457 e. The smallest absolute Gasteiger partial charge is 0.420 e. The molecule has 3 nitrogen and oxygen atoms in total. The molecule has 0 aliphatic heterocycles. The first-order valence-corrected chi connectivity index (χ1v) is 6.51. The highest BCUT2D eigenvalue weighted by atomic mass is 19.4. The van der Waals surface area contributed by atoms with Crippen LogP contribution in [0.3, 0.4) is 0 Å². The molecule has 0 aliphatic carbocycles. The maximum absolute atomic E-state index is 13.1. The summed E-state index contributed by atoms with van der Waals surface area (Å²) in [6, 6.07) is 5.75. The maximum atomic E-state index is 13.1. The van der Waals surface area contributed by atoms with Crippen molar-refractivity contribution in [2.24, 2.45) is 0 Å². The van der Waals surface area contributed by atoms with Gasteiger partial charge in [-0.1, -0.05) is 0 Å². The van der Waals surface area contributed by atoms with Crippen LogP contribution in [0.5, 0.6) is 11.5 Å². The fourth-order valence-corrected chi connectivity index (χ4v) is 1.94. The predicted octanol–water partition coefficient (Wildman–Crippen LogP) is 5.20. The summed E-state index contributed by atoms with van der Waals surface area (Å²) in [5.41, 5.74) is -3.27. The van der Waals surface area contributed by atoms with E-state index in [1.165, 1.54) is 6.07 Å². The molecular formula is C16H7F6NO2. The molecule has 130 valence electrons. The third-order valence-corrected chi connectivity index (χ3v) is 3.04. The number of alkyl halides is 6. The summed E-state index contributed by atoms with van der Waals surface area (Å²) in [6.45, 7) is 0. The molecule has 0 fully saturated rings. The number of hydrogen-bond donors (Lipinski definition) is 0. The summed E-state index contributed by atoms with van der Waals surface area (Å²) in [5, 5.41) is 8.78. The topological polar surface area (TPSA) is 50.1 Å². The highest BCUT2D eigenvalue weighted by Gasteiger charge is 2.35. The second-order valence-corrected chi connectivity index (χ2v) is 4.83. The minimum absolute atomic E-state index is 0.192. The molecule has 0 aromatic heterocycles. The summed E-state index contributed by atoms with van der Waals surface area (Å²) >= 11 is 0. The zero-order chi connectivity index (χ0) is 18.8. The molecule has 25 heavy (non-hydrogen) atoms. The Balaban J connectivity index is 2.53. The van der Waals surface area contributed by atoms with Crippen LogP contribution in [0.4, 0.5) is 26.3 Å². The molecule has 0 N–H and O–H groups in total. The molecule has 0 spiro atoms. The number of aldehydes is 1. The number of rotatable bonds is 3. The van der Waals surface area contributed by atoms with Crippen molar-refractivity contribution in [1.82, 2.24) is 0 Å². The molecule has 2 aromatic carbocycles. The van der Waals surface area contributed by atoms with Crippen LogP contribution < -0.4 is 4.74 Å². The molecule has 0 bridgehead atoms. The SMILES string of the molecule is N#Cc1cc(Oc2ccc(C=O)cc2C(F)(F)F)cc(C(F)(F)F)c1. The van der Waals surface area contributed by atoms with Crippen LogP contribution >= 0.6 is 0 Å². The largest absolute Gasteiger partial charge is 0.457 e. The average Bonchev–Trinajstić information content (AvgIpc) is 2.53. The molecule has 2 aromatic rings. The van der Waals surface area contributed by atoms with Crippen molar-refractivity contribution in [3.05, 3.63) is 58.7 Å². The lowest BCUT2D eigenvalue weighted by atomic mass is 10.1. The molecular weight excluding hydrogens is 352 g/mol. The first-order valence-electron chi connectivity index (χ1n) is 6.51. The highest BCUT2D eigenvalue weighted by molar-refractivity contribution is 5.75. The van der Waals surface area contributed by atoms with Gasteiger partial charge < -0.3 is 4.74 Å². The van der Waals surface area contributed by atoms with Crippen molar-refractivity contribution in [1.29, 1.82) is 5.26 Å². The number of hydrogen-bond acceptors (Lipinski definition) is 3. The Morgan fingerprint density at radius 1 is 0.960 bits per heavy atom. The van der Waals surface area contributed by atoms with E-state index in [0.29, 0.717) is 18.2 Å². The summed E-state index contributed by atoms with van der Waals surface area (Å²) in [5.74, 6) is -1.38. The van der Waals surface area contributed by atoms with Gasteiger partial charge in [-0.3, -0.25) is 4.79 Å². The number of halogens is 6. The van der Waals surface area contributed by atoms with E-state index in [9.17, 15) is 31.1 Å². The van der Waals surface area contributed by atoms with Gasteiger partial charge in [-0.15, -0.1) is 0 Å². The zero-order valence-corrected chi connectivity index (χ0v) is 12.1. The van der Waals surface area contributed by atoms with Crippen LogP contribution in [0.25, 0.3) is 0 Å². The summed E-state index contributed by atoms with van der Waals surface area (Å²) in [4.78, 5) is 10.6. The van der Waals surface area contributed by atoms with Crippen LogP contribution in [0.2, 0.25) is 0 Å². The number of nitrogens with zero attached hydrogens (tertiary/aromatic N) is 1. The normalized spacial score (nSPS) is 11.7. The van der Waals surface area contributed by atoms with E-state index in [4.69, 9.17) is 10.00 Å². The van der Waals surface area contributed by atoms with Gasteiger partial charge in [-0.05, 0) is 36.4 Å². The quantitative estimate of drug-likeness (QED) is 0.559. The van der Waals surface area contributed by atoms with Gasteiger partial charge in [-0.25, -0.2) is 0 Å². The molecule has 0 heterocycles. The van der Waals surface area contributed by atoms with Gasteiger partial charge in [0.05, 0.1) is 22.8 Å². The van der Waals surface area contributed by atoms with Crippen molar-refractivity contribution in [3.63, 3.8) is 0 Å². The Labute approximate surface area is 137 Å². The van der Waals surface area contributed by atoms with Crippen molar-refractivity contribution < 1.29 is 35.9 Å². The van der Waals surface area contributed by atoms with Crippen molar-refractivity contribution in [2.45, 2.75) is 12.4 Å². The van der Waals surface area contributed by atoms with E-state index >= 15 is 0 Å². The van der Waals surface area contributed by atoms with E-state index in [1.54, 1.807) is 0 Å². The molecule has 0 unspecified atom stereocenters. The number of nitriles is 1. The standard InChI is InChI=1S/C16H7F6NO2/c17-15(18,19)11-3-10(7-23)4-12(6-11)25-14-2-1-9(8-24)5-13(14)16(20,21)22/h1-6,8H. The third-order valence-electron chi connectivity index (χ3n) is 3.04. The lowest BCUT2D eigenvalue weighted by Gasteiger charge is -2.15. The predicted molar refractivity (Wildman–Crippen MR) is 73.1 cm³/mol. The summed E-state index contributed by atoms with van der Waals surface area (Å²) in [6.07, 6.45) is -9.51. The Kier molecular flexibility index (Phi) is 4.74. The third kappa shape index (κ3) is 4.29. The fraction of sp³-hybridized carbons (Fsp3) is 0.125. The lowest BCUT2D eigenvalue weighted by Crippen LogP contribution is -2.09. The molecule has 0 saturated heterocycles. The Morgan fingerprint density at radius 3 is 2.16 bits per heavy atom. The second kappa shape index (κ2) is 6.47. The summed E-state index contributed by atoms with van der Waals surface area (Å²) < 4.78 is 82.5. The van der Waals surface area contributed by atoms with E-state index in [1.807, 2.05) is 0 Å². The van der Waals surface area contributed by atoms with Gasteiger partial charge >= 0.3 is 12.4 Å². The molecule has 2 rings (SSSR count). The number of ether oxygens (including phenoxy) is 1. The second-order valence-electron chi connectivity index (χ2n) is 4.83. The Hall–Kier alpha value is -3.02. The number of carbonyl (C=O) groups is 1. The van der Waals surface area contributed by atoms with E-state index in [0.717, 1.165) is 18.2 Å². The average molecular weight is 359 g/mol. The maximum Gasteiger partial charge on any atom is 0.420 e. The van der Waals surface area contributed by atoms with Crippen LogP contribution in [0, 0.1) is 11.3 Å². The monoisotopic (exact) mass is 359 g/mol. The minimum atomic E-state index is -4.89. The van der Waals surface area contributed by atoms with Crippen LogP contribution in [-0.4, -0.2) is 6.29 Å². The molecule has 0 radical (unpaired) electrons. The van der Waals surface area contributed by atoms with E-state index in [2.05, 4.69) is 0 Å². The highest BCUT2D eigenvalue weighted by Crippen LogP contribution is 2.40. The lowest BCUT2D eigenvalue weighted by molar-refractivity contribution is -0.139.